The molecule has 0 aliphatic carbocycles. The summed E-state index contributed by atoms with van der Waals surface area (Å²) in [6.45, 7) is 1.21. The van der Waals surface area contributed by atoms with E-state index in [9.17, 15) is 14.7 Å². The lowest BCUT2D eigenvalue weighted by Crippen LogP contribution is -2.35. The quantitative estimate of drug-likeness (QED) is 0.355. The molecule has 2 unspecified atom stereocenters. The van der Waals surface area contributed by atoms with Crippen LogP contribution in [0.5, 0.6) is 5.75 Å². The highest BCUT2D eigenvalue weighted by Gasteiger charge is 2.35. The number of carbonyl (C=O) groups is 2. The smallest absolute Gasteiger partial charge is 0.322 e. The van der Waals surface area contributed by atoms with E-state index in [4.69, 9.17) is 5.73 Å². The molecule has 2 aliphatic heterocycles. The number of nitrogens with one attached hydrogen (secondary N) is 2. The molecule has 0 bridgehead atoms. The third-order valence-electron chi connectivity index (χ3n) is 7.03. The lowest BCUT2D eigenvalue weighted by atomic mass is 9.95. The Balaban J connectivity index is 1.39. The van der Waals surface area contributed by atoms with Gasteiger partial charge in [-0.1, -0.05) is 36.4 Å². The molecule has 2 aliphatic rings. The third-order valence-corrected chi connectivity index (χ3v) is 7.03. The lowest BCUT2D eigenvalue weighted by Gasteiger charge is -2.29. The van der Waals surface area contributed by atoms with Crippen molar-refractivity contribution in [3.8, 4) is 5.75 Å². The third kappa shape index (κ3) is 4.79. The van der Waals surface area contributed by atoms with Gasteiger partial charge in [0.1, 0.15) is 5.75 Å². The monoisotopic (exact) mass is 485 g/mol. The minimum Gasteiger partial charge on any atom is -0.508 e. The Labute approximate surface area is 210 Å². The molecule has 5 rings (SSSR count). The van der Waals surface area contributed by atoms with E-state index >= 15 is 0 Å². The first-order valence-corrected chi connectivity index (χ1v) is 12.4. The Morgan fingerprint density at radius 3 is 1.72 bits per heavy atom. The zero-order chi connectivity index (χ0) is 25.1. The maximum absolute atomic E-state index is 13.1. The number of aromatic hydroxyl groups is 1. The maximum atomic E-state index is 13.1. The van der Waals surface area contributed by atoms with E-state index in [1.807, 2.05) is 66.7 Å². The molecule has 4 amide bonds. The number of phenols is 1. The highest BCUT2D eigenvalue weighted by Crippen LogP contribution is 2.43. The molecule has 0 radical (unpaired) electrons. The molecular weight excluding hydrogens is 454 g/mol. The van der Waals surface area contributed by atoms with Gasteiger partial charge < -0.3 is 31.3 Å². The predicted molar refractivity (Wildman–Crippen MR) is 141 cm³/mol. The summed E-state index contributed by atoms with van der Waals surface area (Å²) in [5, 5.41) is 16.8. The number of rotatable bonds is 4. The van der Waals surface area contributed by atoms with E-state index in [0.717, 1.165) is 42.6 Å². The summed E-state index contributed by atoms with van der Waals surface area (Å²) < 4.78 is 0. The van der Waals surface area contributed by atoms with Crippen molar-refractivity contribution in [2.75, 3.05) is 29.5 Å². The van der Waals surface area contributed by atoms with Crippen LogP contribution in [-0.4, -0.2) is 40.1 Å². The standard InChI is InChI=1S/C28H31N5O3/c29-23-18-26(34)22(25-14-8-16-33(25)28(36)31-20-11-5-2-6-12-20)17-21(23)24-13-7-15-32(24)27(35)30-19-9-3-1-4-10-19/h1-6,9-12,17-18,24-25,34H,7-8,13-16,29H2,(H,30,35)(H,31,36). The van der Waals surface area contributed by atoms with Crippen LogP contribution >= 0.6 is 0 Å². The Morgan fingerprint density at radius 1 is 0.750 bits per heavy atom. The fourth-order valence-electron chi connectivity index (χ4n) is 5.29. The number of phenolic OH excluding ortho intramolecular Hbond substituents is 1. The molecule has 2 fully saturated rings. The van der Waals surface area contributed by atoms with Crippen LogP contribution in [0.1, 0.15) is 48.9 Å². The second kappa shape index (κ2) is 10.2. The van der Waals surface area contributed by atoms with E-state index in [1.165, 1.54) is 0 Å². The van der Waals surface area contributed by atoms with Crippen molar-refractivity contribution in [1.82, 2.24) is 9.80 Å². The van der Waals surface area contributed by atoms with Crippen LogP contribution in [0.15, 0.2) is 72.8 Å². The first-order valence-electron chi connectivity index (χ1n) is 12.4. The summed E-state index contributed by atoms with van der Waals surface area (Å²) in [6.07, 6.45) is 3.21. The average molecular weight is 486 g/mol. The molecule has 36 heavy (non-hydrogen) atoms. The molecule has 2 heterocycles. The highest BCUT2D eigenvalue weighted by atomic mass is 16.3. The van der Waals surface area contributed by atoms with Gasteiger partial charge in [-0.25, -0.2) is 9.59 Å². The summed E-state index contributed by atoms with van der Waals surface area (Å²) in [5.74, 6) is 0.0685. The minimum absolute atomic E-state index is 0.0685. The van der Waals surface area contributed by atoms with Gasteiger partial charge in [0.2, 0.25) is 0 Å². The number of benzene rings is 3. The van der Waals surface area contributed by atoms with Gasteiger partial charge in [-0.3, -0.25) is 0 Å². The minimum atomic E-state index is -0.277. The summed E-state index contributed by atoms with van der Waals surface area (Å²) in [4.78, 5) is 29.7. The van der Waals surface area contributed by atoms with Crippen molar-refractivity contribution >= 4 is 29.1 Å². The van der Waals surface area contributed by atoms with E-state index in [2.05, 4.69) is 10.6 Å². The molecule has 0 saturated carbocycles. The van der Waals surface area contributed by atoms with Gasteiger partial charge in [0, 0.05) is 41.8 Å². The molecule has 8 nitrogen and oxygen atoms in total. The second-order valence-electron chi connectivity index (χ2n) is 9.34. The number of anilines is 3. The number of nitrogens with zero attached hydrogens (tertiary/aromatic N) is 2. The Kier molecular flexibility index (Phi) is 6.66. The largest absolute Gasteiger partial charge is 0.508 e. The zero-order valence-corrected chi connectivity index (χ0v) is 20.1. The van der Waals surface area contributed by atoms with E-state index in [1.54, 1.807) is 15.9 Å². The fourth-order valence-corrected chi connectivity index (χ4v) is 5.29. The predicted octanol–water partition coefficient (Wildman–Crippen LogP) is 5.71. The number of carbonyl (C=O) groups excluding carboxylic acids is 2. The average Bonchev–Trinajstić information content (AvgIpc) is 3.56. The van der Waals surface area contributed by atoms with Gasteiger partial charge in [-0.2, -0.15) is 0 Å². The van der Waals surface area contributed by atoms with Crippen LogP contribution in [-0.2, 0) is 0 Å². The molecule has 186 valence electrons. The highest BCUT2D eigenvalue weighted by molar-refractivity contribution is 5.90. The SMILES string of the molecule is Nc1cc(O)c(C2CCCN2C(=O)Nc2ccccc2)cc1C1CCCN1C(=O)Nc1ccccc1. The molecule has 5 N–H and O–H groups in total. The van der Waals surface area contributed by atoms with Gasteiger partial charge in [-0.15, -0.1) is 0 Å². The number of nitrogen functional groups attached to an aromatic ring is 1. The van der Waals surface area contributed by atoms with Crippen molar-refractivity contribution in [2.24, 2.45) is 0 Å². The molecule has 8 heteroatoms. The molecule has 3 aromatic carbocycles. The van der Waals surface area contributed by atoms with Crippen LogP contribution in [0.2, 0.25) is 0 Å². The van der Waals surface area contributed by atoms with E-state index in [-0.39, 0.29) is 29.9 Å². The number of likely N-dealkylation sites (tertiary alicyclic amines) is 2. The van der Waals surface area contributed by atoms with Crippen LogP contribution in [0.25, 0.3) is 0 Å². The van der Waals surface area contributed by atoms with Crippen molar-refractivity contribution < 1.29 is 14.7 Å². The number of urea groups is 2. The zero-order valence-electron chi connectivity index (χ0n) is 20.1. The number of amides is 4. The van der Waals surface area contributed by atoms with Crippen molar-refractivity contribution in [3.63, 3.8) is 0 Å². The summed E-state index contributed by atoms with van der Waals surface area (Å²) >= 11 is 0. The van der Waals surface area contributed by atoms with Crippen LogP contribution < -0.4 is 16.4 Å². The van der Waals surface area contributed by atoms with Gasteiger partial charge in [-0.05, 0) is 61.6 Å². The first kappa shape index (κ1) is 23.5. The van der Waals surface area contributed by atoms with E-state index in [0.29, 0.717) is 24.3 Å². The molecule has 2 saturated heterocycles. The molecule has 3 aromatic rings. The van der Waals surface area contributed by atoms with Crippen molar-refractivity contribution in [2.45, 2.75) is 37.8 Å². The lowest BCUT2D eigenvalue weighted by molar-refractivity contribution is 0.206. The number of nitrogens with two attached hydrogens (primary N) is 1. The van der Waals surface area contributed by atoms with Crippen molar-refractivity contribution in [1.29, 1.82) is 0 Å². The molecule has 0 aromatic heterocycles. The first-order chi connectivity index (χ1) is 17.5. The second-order valence-corrected chi connectivity index (χ2v) is 9.34. The maximum Gasteiger partial charge on any atom is 0.322 e. The number of hydrogen-bond acceptors (Lipinski definition) is 4. The van der Waals surface area contributed by atoms with E-state index < -0.39 is 0 Å². The van der Waals surface area contributed by atoms with Crippen LogP contribution in [0, 0.1) is 0 Å². The Morgan fingerprint density at radius 2 is 1.22 bits per heavy atom. The molecule has 2 atom stereocenters. The van der Waals surface area contributed by atoms with Gasteiger partial charge in [0.05, 0.1) is 12.1 Å². The normalized spacial score (nSPS) is 19.3. The summed E-state index contributed by atoms with van der Waals surface area (Å²) in [5.41, 5.74) is 9.74. The fraction of sp³-hybridized carbons (Fsp3) is 0.286. The Bertz CT molecular complexity index is 1140. The van der Waals surface area contributed by atoms with Gasteiger partial charge in [0.15, 0.2) is 0 Å². The Hall–Kier alpha value is -4.20. The summed E-state index contributed by atoms with van der Waals surface area (Å²) in [6, 6.07) is 21.3. The van der Waals surface area contributed by atoms with Crippen LogP contribution in [0.3, 0.4) is 0 Å². The molecular formula is C28H31N5O3. The van der Waals surface area contributed by atoms with Gasteiger partial charge >= 0.3 is 12.1 Å². The van der Waals surface area contributed by atoms with Crippen LogP contribution in [0.4, 0.5) is 26.7 Å². The van der Waals surface area contributed by atoms with Crippen molar-refractivity contribution in [3.05, 3.63) is 83.9 Å². The topological polar surface area (TPSA) is 111 Å². The number of para-hydroxylation sites is 2. The number of hydrogen-bond donors (Lipinski definition) is 4. The molecule has 0 spiro atoms. The van der Waals surface area contributed by atoms with Gasteiger partial charge in [0.25, 0.3) is 0 Å². The summed E-state index contributed by atoms with van der Waals surface area (Å²) in [7, 11) is 0.